The summed E-state index contributed by atoms with van der Waals surface area (Å²) < 4.78 is 22.3. The monoisotopic (exact) mass is 523 g/mol. The van der Waals surface area contributed by atoms with Crippen LogP contribution in [0.4, 0.5) is 10.2 Å². The van der Waals surface area contributed by atoms with Crippen molar-refractivity contribution < 1.29 is 14.2 Å². The smallest absolute Gasteiger partial charge is 0.319 e. The van der Waals surface area contributed by atoms with Crippen LogP contribution in [0.15, 0.2) is 61.1 Å². The minimum atomic E-state index is -0.582. The highest BCUT2D eigenvalue weighted by molar-refractivity contribution is 5.99. The summed E-state index contributed by atoms with van der Waals surface area (Å²) in [7, 11) is 0. The lowest BCUT2D eigenvalue weighted by Gasteiger charge is -2.34. The van der Waals surface area contributed by atoms with Gasteiger partial charge in [0.1, 0.15) is 28.6 Å². The first-order valence-electron chi connectivity index (χ1n) is 13.1. The van der Waals surface area contributed by atoms with Crippen LogP contribution < -0.4 is 15.0 Å². The van der Waals surface area contributed by atoms with Gasteiger partial charge in [0.2, 0.25) is 0 Å². The molecule has 2 saturated heterocycles. The van der Waals surface area contributed by atoms with Crippen LogP contribution in [-0.2, 0) is 6.42 Å². The van der Waals surface area contributed by atoms with Gasteiger partial charge in [-0.2, -0.15) is 9.97 Å². The fraction of sp³-hybridized carbons (Fsp3) is 0.276. The zero-order valence-corrected chi connectivity index (χ0v) is 21.1. The summed E-state index contributed by atoms with van der Waals surface area (Å²) in [5.74, 6) is 0.715. The van der Waals surface area contributed by atoms with Crippen molar-refractivity contribution in [1.29, 1.82) is 0 Å². The van der Waals surface area contributed by atoms with Gasteiger partial charge in [-0.15, -0.1) is 0 Å². The Morgan fingerprint density at radius 1 is 0.974 bits per heavy atom. The highest BCUT2D eigenvalue weighted by Gasteiger charge is 2.34. The van der Waals surface area contributed by atoms with Crippen molar-refractivity contribution in [2.75, 3.05) is 24.6 Å². The molecule has 2 fully saturated rings. The molecule has 2 aliphatic heterocycles. The number of hydrogen-bond donors (Lipinski definition) is 2. The third-order valence-electron chi connectivity index (χ3n) is 7.44. The molecule has 2 aliphatic rings. The molecule has 7 rings (SSSR count). The Kier molecular flexibility index (Phi) is 5.89. The molecule has 9 nitrogen and oxygen atoms in total. The minimum Gasteiger partial charge on any atom is -0.508 e. The van der Waals surface area contributed by atoms with Crippen molar-refractivity contribution in [3.8, 4) is 23.0 Å². The number of rotatable bonds is 6. The predicted molar refractivity (Wildman–Crippen MR) is 145 cm³/mol. The van der Waals surface area contributed by atoms with Gasteiger partial charge in [-0.25, -0.2) is 14.4 Å². The van der Waals surface area contributed by atoms with Crippen molar-refractivity contribution >= 4 is 27.5 Å². The van der Waals surface area contributed by atoms with Crippen molar-refractivity contribution in [3.05, 3.63) is 72.7 Å². The molecule has 2 atom stereocenters. The minimum absolute atomic E-state index is 0.0387. The molecule has 2 N–H and O–H groups in total. The van der Waals surface area contributed by atoms with Crippen molar-refractivity contribution in [2.24, 2.45) is 0 Å². The van der Waals surface area contributed by atoms with Crippen LogP contribution in [0.2, 0.25) is 0 Å². The molecule has 10 heteroatoms. The Hall–Kier alpha value is -4.44. The molecule has 0 unspecified atom stereocenters. The Labute approximate surface area is 223 Å². The molecule has 5 aromatic rings. The fourth-order valence-electron chi connectivity index (χ4n) is 5.67. The zero-order chi connectivity index (χ0) is 26.3. The number of anilines is 1. The van der Waals surface area contributed by atoms with Crippen LogP contribution in [0.1, 0.15) is 18.7 Å². The van der Waals surface area contributed by atoms with Crippen molar-refractivity contribution in [3.63, 3.8) is 0 Å². The lowest BCUT2D eigenvalue weighted by Crippen LogP contribution is -2.51. The van der Waals surface area contributed by atoms with E-state index in [0.29, 0.717) is 41.1 Å². The molecule has 0 spiro atoms. The van der Waals surface area contributed by atoms with Gasteiger partial charge in [0.05, 0.1) is 12.0 Å². The summed E-state index contributed by atoms with van der Waals surface area (Å²) in [6.07, 6.45) is 7.67. The largest absolute Gasteiger partial charge is 0.508 e. The van der Waals surface area contributed by atoms with Crippen LogP contribution in [0.25, 0.3) is 32.9 Å². The average Bonchev–Trinajstić information content (AvgIpc) is 3.30. The number of fused-ring (bicyclic) bond motifs is 4. The van der Waals surface area contributed by atoms with Crippen LogP contribution >= 0.6 is 0 Å². The first-order chi connectivity index (χ1) is 19.1. The first-order valence-corrected chi connectivity index (χ1v) is 13.1. The molecule has 0 aliphatic carbocycles. The van der Waals surface area contributed by atoms with Gasteiger partial charge in [-0.1, -0.05) is 24.3 Å². The van der Waals surface area contributed by atoms with E-state index in [1.165, 1.54) is 6.07 Å². The fourth-order valence-corrected chi connectivity index (χ4v) is 5.67. The first kappa shape index (κ1) is 23.7. The van der Waals surface area contributed by atoms with Gasteiger partial charge in [-0.05, 0) is 41.8 Å². The van der Waals surface area contributed by atoms with Gasteiger partial charge >= 0.3 is 6.01 Å². The quantitative estimate of drug-likeness (QED) is 0.341. The van der Waals surface area contributed by atoms with Crippen LogP contribution in [0, 0.1) is 5.82 Å². The number of nitrogens with one attached hydrogen (secondary N) is 1. The Morgan fingerprint density at radius 2 is 1.77 bits per heavy atom. The van der Waals surface area contributed by atoms with Gasteiger partial charge in [-0.3, -0.25) is 4.98 Å². The molecule has 5 heterocycles. The van der Waals surface area contributed by atoms with E-state index in [1.807, 2.05) is 24.3 Å². The van der Waals surface area contributed by atoms with E-state index >= 15 is 4.39 Å². The topological polar surface area (TPSA) is 109 Å². The SMILES string of the molecule is Oc1cc(-c2ncc3c(N4C[C@H]5CC[C@@H](C4)N5)nc(OCCc4ncccn4)nc3c2F)c2ccccc2c1. The molecule has 39 heavy (non-hydrogen) atoms. The van der Waals surface area contributed by atoms with E-state index in [-0.39, 0.29) is 29.6 Å². The number of piperazine rings is 1. The van der Waals surface area contributed by atoms with E-state index in [0.717, 1.165) is 36.7 Å². The lowest BCUT2D eigenvalue weighted by molar-refractivity contribution is 0.294. The van der Waals surface area contributed by atoms with Crippen molar-refractivity contribution in [2.45, 2.75) is 31.3 Å². The number of aromatic nitrogens is 5. The maximum Gasteiger partial charge on any atom is 0.319 e. The van der Waals surface area contributed by atoms with E-state index in [2.05, 4.69) is 30.2 Å². The summed E-state index contributed by atoms with van der Waals surface area (Å²) in [5.41, 5.74) is 0.742. The highest BCUT2D eigenvalue weighted by Crippen LogP contribution is 2.37. The van der Waals surface area contributed by atoms with Crippen molar-refractivity contribution in [1.82, 2.24) is 30.2 Å². The second kappa shape index (κ2) is 9.70. The standard InChI is InChI=1S/C29H26FN7O2/c30-25-26(22-13-20(38)12-17-4-1-2-5-21(17)22)33-14-23-27(25)35-29(39-11-8-24-31-9-3-10-32-24)36-28(23)37-15-18-6-7-19(16-37)34-18/h1-5,9-10,12-14,18-19,34,38H,6-8,11,15-16H2/t18-,19+. The Bertz CT molecular complexity index is 1670. The molecule has 196 valence electrons. The summed E-state index contributed by atoms with van der Waals surface area (Å²) in [4.78, 5) is 24.4. The average molecular weight is 524 g/mol. The highest BCUT2D eigenvalue weighted by atomic mass is 19.1. The maximum absolute atomic E-state index is 16.4. The summed E-state index contributed by atoms with van der Waals surface area (Å²) in [5, 5.41) is 16.1. The normalized spacial score (nSPS) is 18.6. The molecule has 2 aromatic carbocycles. The number of aromatic hydroxyl groups is 1. The second-order valence-electron chi connectivity index (χ2n) is 10.0. The number of benzene rings is 2. The summed E-state index contributed by atoms with van der Waals surface area (Å²) >= 11 is 0. The zero-order valence-electron chi connectivity index (χ0n) is 21.1. The molecule has 0 amide bonds. The van der Waals surface area contributed by atoms with E-state index in [1.54, 1.807) is 30.7 Å². The number of phenols is 1. The number of halogens is 1. The van der Waals surface area contributed by atoms with Crippen LogP contribution in [0.5, 0.6) is 11.8 Å². The van der Waals surface area contributed by atoms with Gasteiger partial charge in [0.15, 0.2) is 5.82 Å². The summed E-state index contributed by atoms with van der Waals surface area (Å²) in [6.45, 7) is 1.78. The maximum atomic E-state index is 16.4. The third-order valence-corrected chi connectivity index (χ3v) is 7.44. The van der Waals surface area contributed by atoms with Gasteiger partial charge in [0, 0.05) is 55.7 Å². The number of hydrogen-bond acceptors (Lipinski definition) is 9. The Morgan fingerprint density at radius 3 is 2.59 bits per heavy atom. The van der Waals surface area contributed by atoms with E-state index in [4.69, 9.17) is 9.72 Å². The second-order valence-corrected chi connectivity index (χ2v) is 10.0. The lowest BCUT2D eigenvalue weighted by atomic mass is 10.0. The number of ether oxygens (including phenoxy) is 1. The van der Waals surface area contributed by atoms with Crippen LogP contribution in [0.3, 0.4) is 0 Å². The van der Waals surface area contributed by atoms with Gasteiger partial charge < -0.3 is 20.1 Å². The van der Waals surface area contributed by atoms with E-state index in [9.17, 15) is 5.11 Å². The molecule has 0 saturated carbocycles. The van der Waals surface area contributed by atoms with Crippen LogP contribution in [-0.4, -0.2) is 61.8 Å². The van der Waals surface area contributed by atoms with Gasteiger partial charge in [0.25, 0.3) is 0 Å². The number of phenolic OH excluding ortho intramolecular Hbond substituents is 1. The number of nitrogens with zero attached hydrogens (tertiary/aromatic N) is 6. The van der Waals surface area contributed by atoms with E-state index < -0.39 is 5.82 Å². The molecular weight excluding hydrogens is 497 g/mol. The number of pyridine rings is 1. The third kappa shape index (κ3) is 4.46. The molecular formula is C29H26FN7O2. The summed E-state index contributed by atoms with van der Waals surface area (Å²) in [6, 6.07) is 13.3. The molecule has 2 bridgehead atoms. The predicted octanol–water partition coefficient (Wildman–Crippen LogP) is 4.04. The molecule has 0 radical (unpaired) electrons. The Balaban J connectivity index is 1.33. The molecule has 3 aromatic heterocycles.